The van der Waals surface area contributed by atoms with Crippen molar-refractivity contribution in [3.8, 4) is 28.7 Å². The predicted molar refractivity (Wildman–Crippen MR) is 148 cm³/mol. The summed E-state index contributed by atoms with van der Waals surface area (Å²) in [6.07, 6.45) is 1.34. The van der Waals surface area contributed by atoms with Gasteiger partial charge in [0.1, 0.15) is 11.5 Å². The molecule has 0 N–H and O–H groups in total. The second kappa shape index (κ2) is 12.6. The van der Waals surface area contributed by atoms with Gasteiger partial charge in [-0.3, -0.25) is 0 Å². The fourth-order valence-electron chi connectivity index (χ4n) is 4.83. The topological polar surface area (TPSA) is 89.5 Å². The first-order valence-electron chi connectivity index (χ1n) is 12.9. The SMILES string of the molecule is CCCS(=O)(=O)c1cc([C@@H]2CC[C@@H](c3cc(OC)c(OC)c(OC)c3)O2)cc(OC)c1OCc1ccccc1. The first kappa shape index (κ1) is 28.6. The largest absolute Gasteiger partial charge is 0.493 e. The fourth-order valence-corrected chi connectivity index (χ4v) is 6.35. The standard InChI is InChI=1S/C30H36O8S/c1-6-14-39(31,32)28-18-22(17-27(35-4)30(28)37-19-20-10-8-7-9-11-20)24-13-12-23(38-24)21-15-25(33-2)29(36-5)26(16-21)34-3/h7-11,15-18,23-24H,6,12-14,19H2,1-5H3/t23-,24-/m0/s1. The number of ether oxygens (including phenoxy) is 6. The summed E-state index contributed by atoms with van der Waals surface area (Å²) in [4.78, 5) is 0.120. The minimum atomic E-state index is -3.63. The Labute approximate surface area is 230 Å². The maximum Gasteiger partial charge on any atom is 0.203 e. The van der Waals surface area contributed by atoms with Crippen molar-refractivity contribution >= 4 is 9.84 Å². The van der Waals surface area contributed by atoms with Gasteiger partial charge in [-0.05, 0) is 60.2 Å². The lowest BCUT2D eigenvalue weighted by atomic mass is 10.0. The molecule has 0 aromatic heterocycles. The second-order valence-electron chi connectivity index (χ2n) is 9.29. The normalized spacial score (nSPS) is 17.1. The van der Waals surface area contributed by atoms with Crippen molar-refractivity contribution in [2.45, 2.75) is 49.9 Å². The third kappa shape index (κ3) is 6.25. The molecule has 8 nitrogen and oxygen atoms in total. The Morgan fingerprint density at radius 3 is 1.82 bits per heavy atom. The van der Waals surface area contributed by atoms with E-state index in [9.17, 15) is 8.42 Å². The van der Waals surface area contributed by atoms with E-state index in [1.54, 1.807) is 27.4 Å². The highest BCUT2D eigenvalue weighted by Crippen LogP contribution is 2.48. The van der Waals surface area contributed by atoms with E-state index in [4.69, 9.17) is 28.4 Å². The van der Waals surface area contributed by atoms with Crippen molar-refractivity contribution in [2.75, 3.05) is 34.2 Å². The van der Waals surface area contributed by atoms with Gasteiger partial charge in [0.15, 0.2) is 32.8 Å². The number of rotatable bonds is 12. The van der Waals surface area contributed by atoms with Crippen molar-refractivity contribution < 1.29 is 36.8 Å². The summed E-state index contributed by atoms with van der Waals surface area (Å²) < 4.78 is 61.4. The molecule has 0 bridgehead atoms. The molecule has 9 heteroatoms. The van der Waals surface area contributed by atoms with E-state index in [0.717, 1.165) is 23.1 Å². The second-order valence-corrected chi connectivity index (χ2v) is 11.4. The zero-order chi connectivity index (χ0) is 28.0. The highest BCUT2D eigenvalue weighted by molar-refractivity contribution is 7.91. The van der Waals surface area contributed by atoms with Gasteiger partial charge in [0, 0.05) is 0 Å². The molecular formula is C30H36O8S. The Morgan fingerprint density at radius 1 is 0.769 bits per heavy atom. The third-order valence-corrected chi connectivity index (χ3v) is 8.67. The van der Waals surface area contributed by atoms with Gasteiger partial charge >= 0.3 is 0 Å². The van der Waals surface area contributed by atoms with Gasteiger partial charge in [-0.25, -0.2) is 8.42 Å². The molecule has 1 saturated heterocycles. The Bertz CT molecular complexity index is 1350. The van der Waals surface area contributed by atoms with E-state index in [-0.39, 0.29) is 35.2 Å². The van der Waals surface area contributed by atoms with Crippen LogP contribution in [0.5, 0.6) is 28.7 Å². The van der Waals surface area contributed by atoms with Crippen LogP contribution in [0.25, 0.3) is 0 Å². The summed E-state index contributed by atoms with van der Waals surface area (Å²) in [5.74, 6) is 2.19. The molecule has 3 aromatic rings. The van der Waals surface area contributed by atoms with E-state index in [0.29, 0.717) is 35.8 Å². The molecule has 1 fully saturated rings. The molecular weight excluding hydrogens is 520 g/mol. The average Bonchev–Trinajstić information content (AvgIpc) is 3.45. The van der Waals surface area contributed by atoms with Gasteiger partial charge in [0.05, 0.1) is 46.4 Å². The van der Waals surface area contributed by atoms with Crippen LogP contribution in [0.15, 0.2) is 59.5 Å². The molecule has 0 aliphatic carbocycles. The van der Waals surface area contributed by atoms with Gasteiger partial charge in [-0.2, -0.15) is 0 Å². The molecule has 0 unspecified atom stereocenters. The average molecular weight is 557 g/mol. The minimum absolute atomic E-state index is 0.000884. The zero-order valence-electron chi connectivity index (χ0n) is 23.1. The molecule has 1 aliphatic heterocycles. The number of hydrogen-bond acceptors (Lipinski definition) is 8. The molecule has 0 amide bonds. The van der Waals surface area contributed by atoms with Crippen LogP contribution in [0.4, 0.5) is 0 Å². The van der Waals surface area contributed by atoms with E-state index < -0.39 is 9.84 Å². The molecule has 39 heavy (non-hydrogen) atoms. The monoisotopic (exact) mass is 556 g/mol. The lowest BCUT2D eigenvalue weighted by Crippen LogP contribution is -2.11. The maximum atomic E-state index is 13.4. The van der Waals surface area contributed by atoms with E-state index in [1.165, 1.54) is 7.11 Å². The van der Waals surface area contributed by atoms with Crippen LogP contribution >= 0.6 is 0 Å². The quantitative estimate of drug-likeness (QED) is 0.265. The lowest BCUT2D eigenvalue weighted by molar-refractivity contribution is 0.0435. The van der Waals surface area contributed by atoms with Gasteiger partial charge in [0.2, 0.25) is 5.75 Å². The fraction of sp³-hybridized carbons (Fsp3) is 0.400. The summed E-state index contributed by atoms with van der Waals surface area (Å²) >= 11 is 0. The van der Waals surface area contributed by atoms with Crippen molar-refractivity contribution in [3.63, 3.8) is 0 Å². The number of sulfone groups is 1. The van der Waals surface area contributed by atoms with Crippen LogP contribution in [-0.4, -0.2) is 42.6 Å². The lowest BCUT2D eigenvalue weighted by Gasteiger charge is -2.21. The van der Waals surface area contributed by atoms with Crippen molar-refractivity contribution in [2.24, 2.45) is 0 Å². The molecule has 4 rings (SSSR count). The third-order valence-electron chi connectivity index (χ3n) is 6.75. The Balaban J connectivity index is 1.67. The van der Waals surface area contributed by atoms with Crippen LogP contribution in [0.3, 0.4) is 0 Å². The molecule has 1 heterocycles. The highest BCUT2D eigenvalue weighted by atomic mass is 32.2. The Hall–Kier alpha value is -3.43. The predicted octanol–water partition coefficient (Wildman–Crippen LogP) is 6.08. The molecule has 0 radical (unpaired) electrons. The van der Waals surface area contributed by atoms with Gasteiger partial charge in [-0.1, -0.05) is 37.3 Å². The van der Waals surface area contributed by atoms with Crippen molar-refractivity contribution in [1.82, 2.24) is 0 Å². The minimum Gasteiger partial charge on any atom is -0.493 e. The summed E-state index contributed by atoms with van der Waals surface area (Å²) in [6, 6.07) is 16.9. The molecule has 210 valence electrons. The summed E-state index contributed by atoms with van der Waals surface area (Å²) in [6.45, 7) is 2.06. The van der Waals surface area contributed by atoms with Gasteiger partial charge in [0.25, 0.3) is 0 Å². The van der Waals surface area contributed by atoms with E-state index in [2.05, 4.69) is 0 Å². The molecule has 0 spiro atoms. The molecule has 0 saturated carbocycles. The number of methoxy groups -OCH3 is 4. The van der Waals surface area contributed by atoms with Crippen LogP contribution < -0.4 is 23.7 Å². The van der Waals surface area contributed by atoms with Gasteiger partial charge in [-0.15, -0.1) is 0 Å². The molecule has 1 aliphatic rings. The van der Waals surface area contributed by atoms with Gasteiger partial charge < -0.3 is 28.4 Å². The molecule has 3 aromatic carbocycles. The summed E-state index contributed by atoms with van der Waals surface area (Å²) in [5.41, 5.74) is 2.54. The Morgan fingerprint density at radius 2 is 1.31 bits per heavy atom. The summed E-state index contributed by atoms with van der Waals surface area (Å²) in [5, 5.41) is 0. The molecule has 2 atom stereocenters. The summed E-state index contributed by atoms with van der Waals surface area (Å²) in [7, 11) is 2.60. The van der Waals surface area contributed by atoms with Crippen molar-refractivity contribution in [1.29, 1.82) is 0 Å². The first-order valence-corrected chi connectivity index (χ1v) is 14.6. The zero-order valence-corrected chi connectivity index (χ0v) is 23.9. The highest BCUT2D eigenvalue weighted by Gasteiger charge is 2.32. The first-order chi connectivity index (χ1) is 18.8. The number of benzene rings is 3. The van der Waals surface area contributed by atoms with E-state index >= 15 is 0 Å². The number of hydrogen-bond donors (Lipinski definition) is 0. The maximum absolute atomic E-state index is 13.4. The van der Waals surface area contributed by atoms with E-state index in [1.807, 2.05) is 55.5 Å². The van der Waals surface area contributed by atoms with Crippen LogP contribution in [0.2, 0.25) is 0 Å². The smallest absolute Gasteiger partial charge is 0.203 e. The Kier molecular flexibility index (Phi) is 9.24. The van der Waals surface area contributed by atoms with Crippen LogP contribution in [-0.2, 0) is 21.2 Å². The van der Waals surface area contributed by atoms with Crippen molar-refractivity contribution in [3.05, 3.63) is 71.3 Å². The van der Waals surface area contributed by atoms with Crippen LogP contribution in [0, 0.1) is 0 Å². The van der Waals surface area contributed by atoms with Crippen LogP contribution in [0.1, 0.15) is 55.1 Å².